The molecular formula is C16H26N6O4. The van der Waals surface area contributed by atoms with Crippen molar-refractivity contribution in [2.75, 3.05) is 27.7 Å². The lowest BCUT2D eigenvalue weighted by Gasteiger charge is -2.23. The summed E-state index contributed by atoms with van der Waals surface area (Å²) >= 11 is 0. The summed E-state index contributed by atoms with van der Waals surface area (Å²) < 4.78 is 6.34. The zero-order valence-electron chi connectivity index (χ0n) is 15.6. The van der Waals surface area contributed by atoms with Crippen molar-refractivity contribution in [3.63, 3.8) is 0 Å². The molecule has 0 spiro atoms. The maximum absolute atomic E-state index is 12.2. The number of urea groups is 1. The molecule has 144 valence electrons. The van der Waals surface area contributed by atoms with Gasteiger partial charge in [-0.1, -0.05) is 0 Å². The second-order valence-corrected chi connectivity index (χ2v) is 6.38. The van der Waals surface area contributed by atoms with Crippen LogP contribution in [0.25, 0.3) is 0 Å². The van der Waals surface area contributed by atoms with Crippen LogP contribution in [0.15, 0.2) is 6.07 Å². The van der Waals surface area contributed by atoms with Crippen LogP contribution in [0.4, 0.5) is 9.59 Å². The molecule has 1 aromatic rings. The molecule has 1 aromatic heterocycles. The van der Waals surface area contributed by atoms with Crippen LogP contribution >= 0.6 is 0 Å². The molecule has 2 heterocycles. The van der Waals surface area contributed by atoms with Crippen LogP contribution in [0.3, 0.4) is 0 Å². The van der Waals surface area contributed by atoms with Gasteiger partial charge in [0, 0.05) is 27.2 Å². The van der Waals surface area contributed by atoms with Crippen LogP contribution in [0.1, 0.15) is 24.7 Å². The molecule has 2 rings (SSSR count). The van der Waals surface area contributed by atoms with Gasteiger partial charge in [-0.05, 0) is 19.4 Å². The standard InChI is InChI=1S/C16H26N6O4/c1-11(18-15(24)26-4)14(23)17-9-12-8-13-10-21(16(25)20(2)3)6-5-7-22(13)19-12/h8,11H,5-7,9-10H2,1-4H3,(H,17,23)(H,18,24). The van der Waals surface area contributed by atoms with Crippen LogP contribution in [-0.2, 0) is 29.2 Å². The number of carbonyl (C=O) groups is 3. The number of nitrogens with one attached hydrogen (secondary N) is 2. The van der Waals surface area contributed by atoms with Gasteiger partial charge >= 0.3 is 12.1 Å². The number of methoxy groups -OCH3 is 1. The van der Waals surface area contributed by atoms with Gasteiger partial charge in [0.25, 0.3) is 0 Å². The number of alkyl carbamates (subject to hydrolysis) is 1. The number of ether oxygens (including phenoxy) is 1. The van der Waals surface area contributed by atoms with Gasteiger partial charge in [0.05, 0.1) is 31.6 Å². The quantitative estimate of drug-likeness (QED) is 0.787. The van der Waals surface area contributed by atoms with E-state index in [2.05, 4.69) is 20.5 Å². The first-order chi connectivity index (χ1) is 12.3. The Morgan fingerprint density at radius 2 is 2.08 bits per heavy atom. The number of carbonyl (C=O) groups excluding carboxylic acids is 3. The van der Waals surface area contributed by atoms with E-state index < -0.39 is 12.1 Å². The predicted octanol–water partition coefficient (Wildman–Crippen LogP) is 0.131. The summed E-state index contributed by atoms with van der Waals surface area (Å²) in [5, 5.41) is 9.63. The van der Waals surface area contributed by atoms with Gasteiger partial charge in [-0.15, -0.1) is 0 Å². The highest BCUT2D eigenvalue weighted by Crippen LogP contribution is 2.15. The molecule has 0 aromatic carbocycles. The van der Waals surface area contributed by atoms with E-state index in [4.69, 9.17) is 0 Å². The zero-order chi connectivity index (χ0) is 19.3. The van der Waals surface area contributed by atoms with Gasteiger partial charge in [-0.2, -0.15) is 5.10 Å². The average Bonchev–Trinajstić information content (AvgIpc) is 2.88. The van der Waals surface area contributed by atoms with E-state index in [9.17, 15) is 14.4 Å². The summed E-state index contributed by atoms with van der Waals surface area (Å²) in [5.74, 6) is -0.331. The number of amides is 4. The monoisotopic (exact) mass is 366 g/mol. The van der Waals surface area contributed by atoms with Crippen LogP contribution in [-0.4, -0.2) is 71.4 Å². The third kappa shape index (κ3) is 4.87. The van der Waals surface area contributed by atoms with E-state index in [1.807, 2.05) is 10.7 Å². The van der Waals surface area contributed by atoms with Crippen molar-refractivity contribution in [3.8, 4) is 0 Å². The Hall–Kier alpha value is -2.78. The second kappa shape index (κ2) is 8.54. The number of hydrogen-bond acceptors (Lipinski definition) is 5. The molecule has 10 heteroatoms. The van der Waals surface area contributed by atoms with Crippen molar-refractivity contribution in [2.45, 2.75) is 39.0 Å². The lowest BCUT2D eigenvalue weighted by atomic mass is 10.3. The van der Waals surface area contributed by atoms with Crippen LogP contribution in [0, 0.1) is 0 Å². The molecule has 0 fully saturated rings. The van der Waals surface area contributed by atoms with Gasteiger partial charge in [-0.25, -0.2) is 9.59 Å². The molecule has 0 aliphatic carbocycles. The van der Waals surface area contributed by atoms with Crippen LogP contribution < -0.4 is 10.6 Å². The number of aromatic nitrogens is 2. The smallest absolute Gasteiger partial charge is 0.407 e. The zero-order valence-corrected chi connectivity index (χ0v) is 15.6. The summed E-state index contributed by atoms with van der Waals surface area (Å²) in [6.07, 6.45) is 0.159. The van der Waals surface area contributed by atoms with Gasteiger partial charge in [0.1, 0.15) is 6.04 Å². The number of aryl methyl sites for hydroxylation is 1. The molecule has 0 saturated heterocycles. The van der Waals surface area contributed by atoms with Crippen molar-refractivity contribution < 1.29 is 19.1 Å². The minimum atomic E-state index is -0.712. The maximum Gasteiger partial charge on any atom is 0.407 e. The minimum Gasteiger partial charge on any atom is -0.453 e. The third-order valence-corrected chi connectivity index (χ3v) is 4.07. The van der Waals surface area contributed by atoms with E-state index in [0.29, 0.717) is 18.8 Å². The Bertz CT molecular complexity index is 672. The lowest BCUT2D eigenvalue weighted by Crippen LogP contribution is -2.44. The normalized spacial score (nSPS) is 14.7. The highest BCUT2D eigenvalue weighted by atomic mass is 16.5. The predicted molar refractivity (Wildman–Crippen MR) is 93.2 cm³/mol. The molecular weight excluding hydrogens is 340 g/mol. The van der Waals surface area contributed by atoms with Crippen molar-refractivity contribution in [1.82, 2.24) is 30.2 Å². The number of hydrogen-bond donors (Lipinski definition) is 2. The number of fused-ring (bicyclic) bond motifs is 1. The Kier molecular flexibility index (Phi) is 6.42. The molecule has 10 nitrogen and oxygen atoms in total. The Morgan fingerprint density at radius 1 is 1.35 bits per heavy atom. The molecule has 2 N–H and O–H groups in total. The summed E-state index contributed by atoms with van der Waals surface area (Å²) in [4.78, 5) is 38.7. The second-order valence-electron chi connectivity index (χ2n) is 6.38. The summed E-state index contributed by atoms with van der Waals surface area (Å²) in [6.45, 7) is 3.70. The van der Waals surface area contributed by atoms with E-state index in [1.165, 1.54) is 7.11 Å². The fraction of sp³-hybridized carbons (Fsp3) is 0.625. The van der Waals surface area contributed by atoms with Crippen LogP contribution in [0.5, 0.6) is 0 Å². The first kappa shape index (κ1) is 19.5. The van der Waals surface area contributed by atoms with E-state index in [-0.39, 0.29) is 18.5 Å². The van der Waals surface area contributed by atoms with Crippen LogP contribution in [0.2, 0.25) is 0 Å². The molecule has 4 amide bonds. The highest BCUT2D eigenvalue weighted by molar-refractivity contribution is 5.85. The third-order valence-electron chi connectivity index (χ3n) is 4.07. The van der Waals surface area contributed by atoms with E-state index >= 15 is 0 Å². The maximum atomic E-state index is 12.2. The molecule has 0 bridgehead atoms. The van der Waals surface area contributed by atoms with Gasteiger partial charge in [0.2, 0.25) is 5.91 Å². The fourth-order valence-corrected chi connectivity index (χ4v) is 2.69. The van der Waals surface area contributed by atoms with E-state index in [1.54, 1.807) is 30.8 Å². The lowest BCUT2D eigenvalue weighted by molar-refractivity contribution is -0.122. The molecule has 1 unspecified atom stereocenters. The summed E-state index contributed by atoms with van der Waals surface area (Å²) in [5.41, 5.74) is 1.64. The molecule has 1 atom stereocenters. The molecule has 1 aliphatic rings. The van der Waals surface area contributed by atoms with Crippen molar-refractivity contribution in [2.24, 2.45) is 0 Å². The van der Waals surface area contributed by atoms with Crippen molar-refractivity contribution in [3.05, 3.63) is 17.5 Å². The Balaban J connectivity index is 1.95. The first-order valence-electron chi connectivity index (χ1n) is 8.45. The molecule has 0 radical (unpaired) electrons. The average molecular weight is 366 g/mol. The number of nitrogens with zero attached hydrogens (tertiary/aromatic N) is 4. The molecule has 1 aliphatic heterocycles. The highest BCUT2D eigenvalue weighted by Gasteiger charge is 2.22. The van der Waals surface area contributed by atoms with E-state index in [0.717, 1.165) is 18.7 Å². The van der Waals surface area contributed by atoms with Crippen molar-refractivity contribution >= 4 is 18.0 Å². The topological polar surface area (TPSA) is 109 Å². The summed E-state index contributed by atoms with van der Waals surface area (Å²) in [6, 6.07) is 1.15. The largest absolute Gasteiger partial charge is 0.453 e. The van der Waals surface area contributed by atoms with Gasteiger partial charge < -0.3 is 25.2 Å². The Labute approximate surface area is 152 Å². The molecule has 0 saturated carbocycles. The summed E-state index contributed by atoms with van der Waals surface area (Å²) in [7, 11) is 4.70. The molecule has 26 heavy (non-hydrogen) atoms. The fourth-order valence-electron chi connectivity index (χ4n) is 2.69. The number of rotatable bonds is 4. The SMILES string of the molecule is COC(=O)NC(C)C(=O)NCc1cc2n(n1)CCCN(C(=O)N(C)C)C2. The van der Waals surface area contributed by atoms with Gasteiger partial charge in [0.15, 0.2) is 0 Å². The Morgan fingerprint density at radius 3 is 2.73 bits per heavy atom. The van der Waals surface area contributed by atoms with Gasteiger partial charge in [-0.3, -0.25) is 9.48 Å². The van der Waals surface area contributed by atoms with Crippen molar-refractivity contribution in [1.29, 1.82) is 0 Å². The minimum absolute atomic E-state index is 0.0304. The first-order valence-corrected chi connectivity index (χ1v) is 8.45.